The first-order valence-electron chi connectivity index (χ1n) is 32.1. The highest BCUT2D eigenvalue weighted by Crippen LogP contribution is 2.09. The van der Waals surface area contributed by atoms with Crippen molar-refractivity contribution in [1.29, 1.82) is 0 Å². The molecular weight excluding hydrogens is 1510 g/mol. The number of carbonyl (C=O) groups excluding carboxylic acids is 15. The van der Waals surface area contributed by atoms with Crippen molar-refractivity contribution in [3.8, 4) is 0 Å². The van der Waals surface area contributed by atoms with Crippen LogP contribution in [0.2, 0.25) is 0 Å². The fraction of sp³-hybridized carbons (Fsp3) is 0.614. The minimum absolute atomic E-state index is 0.106. The second kappa shape index (κ2) is 49.2. The molecule has 0 saturated carbocycles. The summed E-state index contributed by atoms with van der Waals surface area (Å²) in [5.41, 5.74) is 16.9. The van der Waals surface area contributed by atoms with E-state index in [0.29, 0.717) is 5.69 Å². The molecule has 1 aromatic heterocycles. The van der Waals surface area contributed by atoms with Crippen LogP contribution in [-0.4, -0.2) is 309 Å². The Labute approximate surface area is 629 Å². The van der Waals surface area contributed by atoms with E-state index in [0.717, 1.165) is 13.8 Å². The highest BCUT2D eigenvalue weighted by atomic mass is 32.1. The number of carboxylic acid groups (broad SMARTS) is 4. The number of nitrogens with one attached hydrogen (secondary N) is 15. The summed E-state index contributed by atoms with van der Waals surface area (Å²) in [4.78, 5) is 253. The molecule has 0 unspecified atom stereocenters. The number of nitrogens with two attached hydrogens (primary N) is 3. The number of thiol groups is 4. The lowest BCUT2D eigenvalue weighted by Gasteiger charge is -2.27. The number of aliphatic carboxylic acids is 4. The molecule has 0 spiro atoms. The van der Waals surface area contributed by atoms with Gasteiger partial charge < -0.3 is 137 Å². The summed E-state index contributed by atoms with van der Waals surface area (Å²) in [6, 6.07) is -25.8. The summed E-state index contributed by atoms with van der Waals surface area (Å²) in [5.74, 6) is -27.3. The van der Waals surface area contributed by atoms with Crippen molar-refractivity contribution in [2.45, 2.75) is 168 Å². The van der Waals surface area contributed by atoms with Crippen LogP contribution in [0.15, 0.2) is 12.5 Å². The van der Waals surface area contributed by atoms with E-state index < -0.39 is 266 Å². The number of aromatic nitrogens is 2. The average Bonchev–Trinajstić information content (AvgIpc) is 1.75. The summed E-state index contributed by atoms with van der Waals surface area (Å²) >= 11 is 16.2. The second-order valence-corrected chi connectivity index (χ2v) is 24.8. The Bertz CT molecular complexity index is 3290. The molecule has 107 heavy (non-hydrogen) atoms. The summed E-state index contributed by atoms with van der Waals surface area (Å²) in [5, 5.41) is 108. The minimum atomic E-state index is -2.30. The molecule has 0 aliphatic heterocycles. The maximum absolute atomic E-state index is 13.8. The van der Waals surface area contributed by atoms with Crippen molar-refractivity contribution in [2.24, 2.45) is 17.2 Å². The highest BCUT2D eigenvalue weighted by Gasteiger charge is 2.39. The number of aliphatic hydroxyl groups is 4. The number of hydrogen-bond donors (Lipinski definition) is 30. The van der Waals surface area contributed by atoms with E-state index in [-0.39, 0.29) is 50.8 Å². The van der Waals surface area contributed by atoms with E-state index in [9.17, 15) is 132 Å². The number of H-pyrrole nitrogens is 1. The molecule has 0 aromatic carbocycles. The molecule has 46 nitrogen and oxygen atoms in total. The second-order valence-electron chi connectivity index (χ2n) is 23.3. The Hall–Kier alpha value is -9.70. The van der Waals surface area contributed by atoms with E-state index in [4.69, 9.17) is 17.2 Å². The highest BCUT2D eigenvalue weighted by molar-refractivity contribution is 7.80. The van der Waals surface area contributed by atoms with Gasteiger partial charge in [0.1, 0.15) is 72.5 Å². The molecular formula is C57H91N19O27S4. The van der Waals surface area contributed by atoms with Gasteiger partial charge in [-0.05, 0) is 46.1 Å². The van der Waals surface area contributed by atoms with Gasteiger partial charge >= 0.3 is 23.9 Å². The van der Waals surface area contributed by atoms with Crippen LogP contribution in [0, 0.1) is 0 Å². The topological polar surface area (TPSA) is 761 Å². The number of aromatic amines is 1. The minimum Gasteiger partial charge on any atom is -0.481 e. The van der Waals surface area contributed by atoms with Crippen molar-refractivity contribution in [1.82, 2.24) is 84.4 Å². The third kappa shape index (κ3) is 35.1. The first-order valence-corrected chi connectivity index (χ1v) is 34.6. The summed E-state index contributed by atoms with van der Waals surface area (Å²) in [6.07, 6.45) is -5.23. The molecule has 0 saturated heterocycles. The van der Waals surface area contributed by atoms with Crippen LogP contribution in [-0.2, 0) is 97.5 Å². The number of imidazole rings is 1. The van der Waals surface area contributed by atoms with Gasteiger partial charge in [0.2, 0.25) is 88.6 Å². The Morgan fingerprint density at radius 1 is 0.439 bits per heavy atom. The number of aliphatic hydroxyl groups excluding tert-OH is 4. The Morgan fingerprint density at radius 3 is 1.17 bits per heavy atom. The predicted octanol–water partition coefficient (Wildman–Crippen LogP) is -13.9. The molecule has 1 heterocycles. The maximum Gasteiger partial charge on any atom is 0.328 e. The predicted molar refractivity (Wildman–Crippen MR) is 377 cm³/mol. The molecule has 0 aliphatic carbocycles. The molecule has 600 valence electrons. The third-order valence-corrected chi connectivity index (χ3v) is 16.2. The summed E-state index contributed by atoms with van der Waals surface area (Å²) < 4.78 is 0. The van der Waals surface area contributed by atoms with Crippen molar-refractivity contribution >= 4 is 163 Å². The lowest BCUT2D eigenvalue weighted by Crippen LogP contribution is -2.63. The molecule has 50 heteroatoms. The van der Waals surface area contributed by atoms with Gasteiger partial charge in [-0.15, -0.1) is 0 Å². The number of carboxylic acids is 4. The Balaban J connectivity index is 3.27. The molecule has 0 aliphatic rings. The lowest BCUT2D eigenvalue weighted by atomic mass is 10.1. The van der Waals surface area contributed by atoms with Crippen LogP contribution < -0.4 is 91.6 Å². The zero-order chi connectivity index (χ0) is 81.5. The standard InChI is InChI=1S/C57H91N19O27S4/c1-22(79)42(56(101)68-30(12-41(87)88)50(95)74-36(20-107)55(100)76-43(23(2)80)57(102)103)75-52(97)32(16-78)70-48(93)28(10-39(83)84)66-51(96)31(15-77)69-49(94)29(11-40(85)86)67-54(99)35(19-106)73-46(91)26(5-3-4-8-58)64-38(82)14-62-45(90)33(17-104)72-47(92)27(9-24-13-61-21-63-24)65-53(98)34(18-105)71-44(89)25(59)6-7-37(60)81/h13,21-23,25-36,42-43,77-80,104-107H,3-12,14-20,58-59H2,1-2H3,(H2,60,81)(H,61,63)(H,62,90)(H,64,82)(H,65,98)(H,66,96)(H,67,99)(H,68,101)(H,69,94)(H,70,93)(H,71,89)(H,72,92)(H,73,91)(H,74,95)(H,75,97)(H,76,100)(H,83,84)(H,85,86)(H,87,88)(H,102,103)/t22-,23-,25+,26+,27+,28+,29+,30+,31+,32+,33+,34+,35+,36+,42+,43+/m1/s1. The quantitative estimate of drug-likeness (QED) is 0.0213. The van der Waals surface area contributed by atoms with Crippen LogP contribution in [0.25, 0.3) is 0 Å². The normalized spacial score (nSPS) is 15.5. The maximum atomic E-state index is 13.8. The zero-order valence-electron chi connectivity index (χ0n) is 57.2. The zero-order valence-corrected chi connectivity index (χ0v) is 60.8. The van der Waals surface area contributed by atoms with Crippen LogP contribution in [0.3, 0.4) is 0 Å². The molecule has 0 fully saturated rings. The summed E-state index contributed by atoms with van der Waals surface area (Å²) in [7, 11) is 0. The molecule has 1 aromatic rings. The van der Waals surface area contributed by atoms with Gasteiger partial charge in [0.05, 0.1) is 63.6 Å². The Kier molecular flexibility index (Phi) is 43.8. The molecule has 29 N–H and O–H groups in total. The van der Waals surface area contributed by atoms with E-state index in [1.165, 1.54) is 12.5 Å². The van der Waals surface area contributed by atoms with Crippen LogP contribution in [0.4, 0.5) is 0 Å². The van der Waals surface area contributed by atoms with E-state index >= 15 is 0 Å². The third-order valence-electron chi connectivity index (χ3n) is 14.7. The van der Waals surface area contributed by atoms with E-state index in [1.807, 2.05) is 42.5 Å². The molecule has 15 amide bonds. The number of unbranched alkanes of at least 4 members (excludes halogenated alkanes) is 1. The number of carbonyl (C=O) groups is 19. The number of primary amides is 1. The first kappa shape index (κ1) is 95.3. The van der Waals surface area contributed by atoms with Gasteiger partial charge in [-0.2, -0.15) is 50.5 Å². The molecule has 1 rings (SSSR count). The van der Waals surface area contributed by atoms with Crippen molar-refractivity contribution in [3.63, 3.8) is 0 Å². The van der Waals surface area contributed by atoms with Gasteiger partial charge in [-0.3, -0.25) is 86.3 Å². The number of hydrogen-bond acceptors (Lipinski definition) is 30. The Morgan fingerprint density at radius 2 is 0.785 bits per heavy atom. The van der Waals surface area contributed by atoms with Crippen molar-refractivity contribution in [3.05, 3.63) is 18.2 Å². The van der Waals surface area contributed by atoms with Crippen molar-refractivity contribution < 1.29 is 132 Å². The van der Waals surface area contributed by atoms with Gasteiger partial charge in [0.15, 0.2) is 6.04 Å². The first-order chi connectivity index (χ1) is 50.2. The van der Waals surface area contributed by atoms with E-state index in [1.54, 1.807) is 0 Å². The number of rotatable bonds is 52. The van der Waals surface area contributed by atoms with Gasteiger partial charge in [0.25, 0.3) is 0 Å². The van der Waals surface area contributed by atoms with Crippen LogP contribution in [0.1, 0.15) is 70.9 Å². The van der Waals surface area contributed by atoms with Gasteiger partial charge in [0, 0.05) is 47.7 Å². The van der Waals surface area contributed by atoms with Crippen molar-refractivity contribution in [2.75, 3.05) is 49.3 Å². The summed E-state index contributed by atoms with van der Waals surface area (Å²) in [6.45, 7) is -1.66. The smallest absolute Gasteiger partial charge is 0.328 e. The monoisotopic (exact) mass is 1600 g/mol. The SMILES string of the molecule is C[C@@H](O)[C@H](NC(=O)[C@H](CS)NC(=O)[C@H](CC(=O)O)NC(=O)[C@@H](NC(=O)[C@H](CO)NC(=O)[C@H](CC(=O)O)NC(=O)[C@H](CO)NC(=O)[C@H](CC(=O)O)NC(=O)[C@H](CS)NC(=O)[C@H](CCCCN)NC(=O)CNC(=O)[C@H](CS)NC(=O)[C@H](Cc1cnc[nH]1)NC(=O)[C@H](CS)NC(=O)[C@@H](N)CCC(N)=O)[C@@H](C)O)C(=O)O. The average molecular weight is 1600 g/mol. The lowest BCUT2D eigenvalue weighted by molar-refractivity contribution is -0.145. The van der Waals surface area contributed by atoms with Gasteiger partial charge in [-0.1, -0.05) is 0 Å². The van der Waals surface area contributed by atoms with Gasteiger partial charge in [-0.25, -0.2) is 9.78 Å². The van der Waals surface area contributed by atoms with Crippen LogP contribution >= 0.6 is 50.5 Å². The van der Waals surface area contributed by atoms with E-state index in [2.05, 4.69) is 92.4 Å². The number of nitrogens with zero attached hydrogens (tertiary/aromatic N) is 1. The molecule has 0 bridgehead atoms. The fourth-order valence-corrected chi connectivity index (χ4v) is 9.92. The molecule has 0 radical (unpaired) electrons. The largest absolute Gasteiger partial charge is 0.481 e. The van der Waals surface area contributed by atoms with Crippen LogP contribution in [0.5, 0.6) is 0 Å². The fourth-order valence-electron chi connectivity index (χ4n) is 8.89. The molecule has 16 atom stereocenters. The number of amides is 15.